The van der Waals surface area contributed by atoms with Gasteiger partial charge in [0.25, 0.3) is 5.56 Å². The maximum absolute atomic E-state index is 13.0. The Hall–Kier alpha value is -1.66. The molecule has 2 aromatic heterocycles. The van der Waals surface area contributed by atoms with Gasteiger partial charge >= 0.3 is 0 Å². The quantitative estimate of drug-likeness (QED) is 0.742. The van der Waals surface area contributed by atoms with Crippen molar-refractivity contribution in [3.05, 3.63) is 46.0 Å². The van der Waals surface area contributed by atoms with E-state index in [9.17, 15) is 9.18 Å². The number of nitrogens with zero attached hydrogens (tertiary/aromatic N) is 1. The first kappa shape index (κ1) is 13.0. The van der Waals surface area contributed by atoms with Crippen molar-refractivity contribution in [1.82, 2.24) is 9.97 Å². The van der Waals surface area contributed by atoms with Crippen molar-refractivity contribution in [2.24, 2.45) is 0 Å². The molecule has 106 valence electrons. The first-order valence-electron chi connectivity index (χ1n) is 6.67. The molecule has 0 radical (unpaired) electrons. The fraction of sp³-hybridized carbons (Fsp3) is 0.200. The third-order valence-corrected chi connectivity index (χ3v) is 6.07. The molecule has 1 aromatic carbocycles. The Morgan fingerprint density at radius 3 is 2.86 bits per heavy atom. The van der Waals surface area contributed by atoms with Crippen LogP contribution in [-0.4, -0.2) is 15.7 Å². The van der Waals surface area contributed by atoms with Gasteiger partial charge in [-0.1, -0.05) is 0 Å². The number of hydrogen-bond acceptors (Lipinski definition) is 4. The van der Waals surface area contributed by atoms with E-state index in [1.165, 1.54) is 16.3 Å². The Labute approximate surface area is 128 Å². The fourth-order valence-electron chi connectivity index (χ4n) is 2.55. The number of fused-ring (bicyclic) bond motifs is 3. The van der Waals surface area contributed by atoms with E-state index in [1.54, 1.807) is 35.2 Å². The van der Waals surface area contributed by atoms with Crippen molar-refractivity contribution >= 4 is 33.3 Å². The number of aromatic nitrogens is 2. The van der Waals surface area contributed by atoms with E-state index in [0.717, 1.165) is 39.9 Å². The van der Waals surface area contributed by atoms with E-state index in [2.05, 4.69) is 9.97 Å². The zero-order chi connectivity index (χ0) is 14.4. The van der Waals surface area contributed by atoms with Crippen molar-refractivity contribution in [2.75, 3.05) is 5.75 Å². The van der Waals surface area contributed by atoms with Crippen LogP contribution in [-0.2, 0) is 6.42 Å². The van der Waals surface area contributed by atoms with Crippen LogP contribution >= 0.6 is 23.1 Å². The number of aromatic amines is 1. The Bertz CT molecular complexity index is 883. The van der Waals surface area contributed by atoms with Crippen LogP contribution in [0.4, 0.5) is 4.39 Å². The van der Waals surface area contributed by atoms with Gasteiger partial charge in [0.2, 0.25) is 0 Å². The number of benzene rings is 1. The first-order valence-corrected chi connectivity index (χ1v) is 8.47. The summed E-state index contributed by atoms with van der Waals surface area (Å²) in [5, 5.41) is 0.730. The van der Waals surface area contributed by atoms with Crippen molar-refractivity contribution in [3.63, 3.8) is 0 Å². The summed E-state index contributed by atoms with van der Waals surface area (Å²) in [6.07, 6.45) is 2.05. The van der Waals surface area contributed by atoms with Crippen molar-refractivity contribution in [2.45, 2.75) is 17.1 Å². The molecule has 1 N–H and O–H groups in total. The molecule has 1 aliphatic rings. The summed E-state index contributed by atoms with van der Waals surface area (Å²) in [5.41, 5.74) is 1.76. The highest BCUT2D eigenvalue weighted by atomic mass is 32.2. The zero-order valence-corrected chi connectivity index (χ0v) is 12.6. The van der Waals surface area contributed by atoms with Gasteiger partial charge in [0.15, 0.2) is 0 Å². The lowest BCUT2D eigenvalue weighted by Gasteiger charge is -2.09. The maximum Gasteiger partial charge on any atom is 0.260 e. The number of halogens is 1. The molecule has 6 heteroatoms. The molecule has 0 spiro atoms. The predicted octanol–water partition coefficient (Wildman–Crippen LogP) is 3.83. The number of aryl methyl sites for hydroxylation is 1. The fourth-order valence-corrected chi connectivity index (χ4v) is 5.08. The Balaban J connectivity index is 1.93. The van der Waals surface area contributed by atoms with Crippen molar-refractivity contribution in [3.8, 4) is 11.4 Å². The van der Waals surface area contributed by atoms with E-state index >= 15 is 0 Å². The van der Waals surface area contributed by atoms with E-state index in [1.807, 2.05) is 0 Å². The molecule has 0 amide bonds. The molecule has 0 saturated heterocycles. The van der Waals surface area contributed by atoms with E-state index < -0.39 is 0 Å². The number of rotatable bonds is 1. The van der Waals surface area contributed by atoms with Crippen LogP contribution in [0.15, 0.2) is 33.3 Å². The third kappa shape index (κ3) is 2.18. The molecule has 3 nitrogen and oxygen atoms in total. The minimum Gasteiger partial charge on any atom is -0.306 e. The highest BCUT2D eigenvalue weighted by molar-refractivity contribution is 8.01. The van der Waals surface area contributed by atoms with Crippen LogP contribution in [0.1, 0.15) is 12.0 Å². The van der Waals surface area contributed by atoms with Gasteiger partial charge in [0.05, 0.1) is 9.60 Å². The summed E-state index contributed by atoms with van der Waals surface area (Å²) in [6.45, 7) is 0. The molecule has 4 rings (SSSR count). The molecule has 0 aliphatic carbocycles. The summed E-state index contributed by atoms with van der Waals surface area (Å²) < 4.78 is 14.2. The lowest BCUT2D eigenvalue weighted by atomic mass is 10.1. The summed E-state index contributed by atoms with van der Waals surface area (Å²) in [4.78, 5) is 20.6. The number of thiophene rings is 1. The molecule has 0 bridgehead atoms. The summed E-state index contributed by atoms with van der Waals surface area (Å²) >= 11 is 3.39. The van der Waals surface area contributed by atoms with Gasteiger partial charge in [0, 0.05) is 5.56 Å². The van der Waals surface area contributed by atoms with Gasteiger partial charge in [-0.05, 0) is 48.4 Å². The molecule has 0 unspecified atom stereocenters. The van der Waals surface area contributed by atoms with Gasteiger partial charge in [0.1, 0.15) is 16.5 Å². The average Bonchev–Trinajstić information content (AvgIpc) is 2.86. The number of hydrogen-bond donors (Lipinski definition) is 1. The van der Waals surface area contributed by atoms with Crippen LogP contribution in [0.5, 0.6) is 0 Å². The number of nitrogens with one attached hydrogen (secondary N) is 1. The van der Waals surface area contributed by atoms with Crippen LogP contribution in [0, 0.1) is 5.82 Å². The summed E-state index contributed by atoms with van der Waals surface area (Å²) in [5.74, 6) is 1.30. The number of H-pyrrole nitrogens is 1. The molecule has 3 heterocycles. The second-order valence-corrected chi connectivity index (χ2v) is 7.28. The molecular weight excluding hydrogens is 307 g/mol. The summed E-state index contributed by atoms with van der Waals surface area (Å²) in [6, 6.07) is 5.99. The summed E-state index contributed by atoms with van der Waals surface area (Å²) in [7, 11) is 0. The van der Waals surface area contributed by atoms with Gasteiger partial charge in [-0.3, -0.25) is 4.79 Å². The zero-order valence-electron chi connectivity index (χ0n) is 11.0. The topological polar surface area (TPSA) is 45.8 Å². The minimum absolute atomic E-state index is 0.0978. The number of thioether (sulfide) groups is 1. The van der Waals surface area contributed by atoms with Crippen molar-refractivity contribution in [1.29, 1.82) is 0 Å². The smallest absolute Gasteiger partial charge is 0.260 e. The largest absolute Gasteiger partial charge is 0.306 e. The monoisotopic (exact) mass is 318 g/mol. The predicted molar refractivity (Wildman–Crippen MR) is 84.7 cm³/mol. The molecule has 0 fully saturated rings. The highest BCUT2D eigenvalue weighted by Gasteiger charge is 2.20. The highest BCUT2D eigenvalue weighted by Crippen LogP contribution is 2.40. The molecule has 3 aromatic rings. The second kappa shape index (κ2) is 4.96. The van der Waals surface area contributed by atoms with Crippen molar-refractivity contribution < 1.29 is 4.39 Å². The molecular formula is C15H11FN2OS2. The first-order chi connectivity index (χ1) is 10.2. The lowest BCUT2D eigenvalue weighted by Crippen LogP contribution is -2.10. The molecule has 0 saturated carbocycles. The minimum atomic E-state index is -0.301. The lowest BCUT2D eigenvalue weighted by molar-refractivity contribution is 0.628. The van der Waals surface area contributed by atoms with Gasteiger partial charge in [-0.25, -0.2) is 9.37 Å². The van der Waals surface area contributed by atoms with Gasteiger partial charge < -0.3 is 4.98 Å². The third-order valence-electron chi connectivity index (χ3n) is 3.55. The van der Waals surface area contributed by atoms with E-state index in [0.29, 0.717) is 5.82 Å². The maximum atomic E-state index is 13.0. The molecule has 0 atom stereocenters. The van der Waals surface area contributed by atoms with Crippen LogP contribution in [0.2, 0.25) is 0 Å². The standard InChI is InChI=1S/C15H11FN2OS2/c16-9-5-3-8(4-6-9)12-17-13(19)11-10-2-1-7-20-15(10)21-14(11)18-12/h3-6H,1-2,7H2,(H,17,18,19). The SMILES string of the molecule is O=c1[nH]c(-c2ccc(F)cc2)nc2sc3c(c12)CCCS3. The van der Waals surface area contributed by atoms with Gasteiger partial charge in [-0.15, -0.1) is 23.1 Å². The normalized spacial score (nSPS) is 14.3. The molecule has 1 aliphatic heterocycles. The van der Waals surface area contributed by atoms with Crippen LogP contribution in [0.3, 0.4) is 0 Å². The Kier molecular flexibility index (Phi) is 3.08. The van der Waals surface area contributed by atoms with Crippen LogP contribution in [0.25, 0.3) is 21.6 Å². The van der Waals surface area contributed by atoms with E-state index in [-0.39, 0.29) is 11.4 Å². The Morgan fingerprint density at radius 1 is 1.24 bits per heavy atom. The van der Waals surface area contributed by atoms with E-state index in [4.69, 9.17) is 0 Å². The second-order valence-electron chi connectivity index (χ2n) is 4.92. The van der Waals surface area contributed by atoms with Gasteiger partial charge in [-0.2, -0.15) is 0 Å². The Morgan fingerprint density at radius 2 is 2.05 bits per heavy atom. The molecule has 21 heavy (non-hydrogen) atoms. The average molecular weight is 318 g/mol. The van der Waals surface area contributed by atoms with Crippen LogP contribution < -0.4 is 5.56 Å².